The van der Waals surface area contributed by atoms with E-state index in [1.165, 1.54) is 6.07 Å². The highest BCUT2D eigenvalue weighted by Crippen LogP contribution is 2.37. The smallest absolute Gasteiger partial charge is 0.298 e. The number of aryl methyl sites for hydroxylation is 1. The molecular weight excluding hydrogens is 314 g/mol. The fourth-order valence-corrected chi connectivity index (χ4v) is 3.00. The Morgan fingerprint density at radius 3 is 2.78 bits per heavy atom. The van der Waals surface area contributed by atoms with Crippen molar-refractivity contribution in [2.24, 2.45) is 0 Å². The molecule has 0 unspecified atom stereocenters. The lowest BCUT2D eigenvalue weighted by atomic mass is 10.1. The fraction of sp³-hybridized carbons (Fsp3) is 0.118. The van der Waals surface area contributed by atoms with Gasteiger partial charge in [0.1, 0.15) is 10.8 Å². The Kier molecular flexibility index (Phi) is 3.88. The molecule has 0 radical (unpaired) electrons. The maximum atomic E-state index is 11.4. The van der Waals surface area contributed by atoms with Gasteiger partial charge in [0, 0.05) is 6.54 Å². The van der Waals surface area contributed by atoms with Gasteiger partial charge < -0.3 is 4.57 Å². The molecule has 1 aromatic heterocycles. The third-order valence-electron chi connectivity index (χ3n) is 3.69. The van der Waals surface area contributed by atoms with Crippen LogP contribution < -0.4 is 0 Å². The number of hydrogen-bond acceptors (Lipinski definition) is 3. The standard InChI is InChI=1S/C17H14ClN3O2/c1-3-10-20-15-11(2)6-4-9-14(15)19-17(20)12-7-5-8-13(18)16(12)21(22)23/h3-9H,1,10H2,2H3. The summed E-state index contributed by atoms with van der Waals surface area (Å²) in [5.74, 6) is 0.517. The topological polar surface area (TPSA) is 61.0 Å². The van der Waals surface area contributed by atoms with Gasteiger partial charge in [-0.05, 0) is 30.7 Å². The second-order valence-corrected chi connectivity index (χ2v) is 5.58. The van der Waals surface area contributed by atoms with Gasteiger partial charge in [0.05, 0.1) is 21.5 Å². The van der Waals surface area contributed by atoms with Crippen LogP contribution >= 0.6 is 11.6 Å². The summed E-state index contributed by atoms with van der Waals surface area (Å²) in [6.45, 7) is 6.26. The van der Waals surface area contributed by atoms with Crippen LogP contribution in [0.5, 0.6) is 0 Å². The number of halogens is 1. The van der Waals surface area contributed by atoms with Crippen molar-refractivity contribution >= 4 is 28.3 Å². The summed E-state index contributed by atoms with van der Waals surface area (Å²) in [6, 6.07) is 10.7. The van der Waals surface area contributed by atoms with Gasteiger partial charge >= 0.3 is 0 Å². The molecule has 116 valence electrons. The van der Waals surface area contributed by atoms with Crippen molar-refractivity contribution in [2.45, 2.75) is 13.5 Å². The van der Waals surface area contributed by atoms with Crippen LogP contribution in [-0.4, -0.2) is 14.5 Å². The second-order valence-electron chi connectivity index (χ2n) is 5.17. The monoisotopic (exact) mass is 327 g/mol. The molecule has 6 heteroatoms. The molecular formula is C17H14ClN3O2. The Balaban J connectivity index is 2.40. The van der Waals surface area contributed by atoms with Crippen LogP contribution in [0.4, 0.5) is 5.69 Å². The molecule has 0 saturated carbocycles. The van der Waals surface area contributed by atoms with Crippen LogP contribution in [0.15, 0.2) is 49.1 Å². The van der Waals surface area contributed by atoms with Gasteiger partial charge in [-0.3, -0.25) is 10.1 Å². The summed E-state index contributed by atoms with van der Waals surface area (Å²) in [7, 11) is 0. The van der Waals surface area contributed by atoms with E-state index in [1.807, 2.05) is 29.7 Å². The van der Waals surface area contributed by atoms with Crippen LogP contribution in [-0.2, 0) is 6.54 Å². The Labute approximate surface area is 138 Å². The van der Waals surface area contributed by atoms with Gasteiger partial charge in [0.2, 0.25) is 0 Å². The first-order valence-corrected chi connectivity index (χ1v) is 7.42. The zero-order valence-corrected chi connectivity index (χ0v) is 13.2. The van der Waals surface area contributed by atoms with Crippen LogP contribution in [0.2, 0.25) is 5.02 Å². The molecule has 3 aromatic rings. The van der Waals surface area contributed by atoms with Crippen LogP contribution in [0.3, 0.4) is 0 Å². The number of nitro benzene ring substituents is 1. The van der Waals surface area contributed by atoms with E-state index >= 15 is 0 Å². The zero-order valence-electron chi connectivity index (χ0n) is 12.5. The van der Waals surface area contributed by atoms with Crippen molar-refractivity contribution in [2.75, 3.05) is 0 Å². The van der Waals surface area contributed by atoms with Gasteiger partial charge in [-0.2, -0.15) is 0 Å². The Hall–Kier alpha value is -2.66. The molecule has 0 bridgehead atoms. The number of benzene rings is 2. The summed E-state index contributed by atoms with van der Waals surface area (Å²) < 4.78 is 1.93. The van der Waals surface area contributed by atoms with Crippen molar-refractivity contribution in [3.05, 3.63) is 69.8 Å². The number of para-hydroxylation sites is 2. The third kappa shape index (κ3) is 2.49. The first-order valence-electron chi connectivity index (χ1n) is 7.04. The molecule has 0 aliphatic heterocycles. The molecule has 0 fully saturated rings. The number of allylic oxidation sites excluding steroid dienone is 1. The molecule has 0 amide bonds. The van der Waals surface area contributed by atoms with Crippen molar-refractivity contribution in [1.29, 1.82) is 0 Å². The quantitative estimate of drug-likeness (QED) is 0.394. The lowest BCUT2D eigenvalue weighted by Crippen LogP contribution is -2.02. The summed E-state index contributed by atoms with van der Waals surface area (Å²) in [4.78, 5) is 15.6. The molecule has 0 N–H and O–H groups in total. The van der Waals surface area contributed by atoms with E-state index in [-0.39, 0.29) is 10.7 Å². The number of fused-ring (bicyclic) bond motifs is 1. The van der Waals surface area contributed by atoms with Crippen molar-refractivity contribution in [1.82, 2.24) is 9.55 Å². The number of imidazole rings is 1. The van der Waals surface area contributed by atoms with Gasteiger partial charge in [-0.15, -0.1) is 6.58 Å². The number of aromatic nitrogens is 2. The minimum atomic E-state index is -0.470. The molecule has 5 nitrogen and oxygen atoms in total. The van der Waals surface area contributed by atoms with Crippen molar-refractivity contribution in [3.63, 3.8) is 0 Å². The highest BCUT2D eigenvalue weighted by Gasteiger charge is 2.24. The van der Waals surface area contributed by atoms with Gasteiger partial charge in [0.25, 0.3) is 5.69 Å². The normalized spacial score (nSPS) is 10.9. The minimum absolute atomic E-state index is 0.0985. The molecule has 0 spiro atoms. The number of nitrogens with zero attached hydrogens (tertiary/aromatic N) is 3. The Morgan fingerprint density at radius 1 is 1.35 bits per heavy atom. The SMILES string of the molecule is C=CCn1c(-c2cccc(Cl)c2[N+](=O)[O-])nc2cccc(C)c21. The maximum absolute atomic E-state index is 11.4. The molecule has 3 rings (SSSR count). The zero-order chi connectivity index (χ0) is 16.6. The van der Waals surface area contributed by atoms with Gasteiger partial charge in [0.15, 0.2) is 0 Å². The van der Waals surface area contributed by atoms with E-state index in [1.54, 1.807) is 18.2 Å². The molecule has 2 aromatic carbocycles. The third-order valence-corrected chi connectivity index (χ3v) is 4.00. The average Bonchev–Trinajstić information content (AvgIpc) is 2.87. The lowest BCUT2D eigenvalue weighted by molar-refractivity contribution is -0.384. The predicted molar refractivity (Wildman–Crippen MR) is 91.8 cm³/mol. The van der Waals surface area contributed by atoms with E-state index < -0.39 is 4.92 Å². The first kappa shape index (κ1) is 15.2. The summed E-state index contributed by atoms with van der Waals surface area (Å²) in [5, 5.41) is 11.5. The van der Waals surface area contributed by atoms with E-state index in [4.69, 9.17) is 11.6 Å². The van der Waals surface area contributed by atoms with Crippen molar-refractivity contribution < 1.29 is 4.92 Å². The van der Waals surface area contributed by atoms with Crippen LogP contribution in [0.1, 0.15) is 5.56 Å². The van der Waals surface area contributed by atoms with Gasteiger partial charge in [-0.1, -0.05) is 35.9 Å². The van der Waals surface area contributed by atoms with E-state index in [9.17, 15) is 10.1 Å². The number of nitro groups is 1. The fourth-order valence-electron chi connectivity index (χ4n) is 2.76. The molecule has 23 heavy (non-hydrogen) atoms. The summed E-state index contributed by atoms with van der Waals surface area (Å²) in [5.41, 5.74) is 3.05. The molecule has 0 aliphatic carbocycles. The Bertz CT molecular complexity index is 931. The molecule has 1 heterocycles. The summed E-state index contributed by atoms with van der Waals surface area (Å²) >= 11 is 6.03. The molecule has 0 atom stereocenters. The molecule has 0 saturated heterocycles. The number of rotatable bonds is 4. The lowest BCUT2D eigenvalue weighted by Gasteiger charge is -2.09. The van der Waals surface area contributed by atoms with Gasteiger partial charge in [-0.25, -0.2) is 4.98 Å². The number of hydrogen-bond donors (Lipinski definition) is 0. The Morgan fingerprint density at radius 2 is 2.09 bits per heavy atom. The largest absolute Gasteiger partial charge is 0.320 e. The second kappa shape index (κ2) is 5.85. The van der Waals surface area contributed by atoms with E-state index in [0.717, 1.165) is 16.6 Å². The predicted octanol–water partition coefficient (Wildman–Crippen LogP) is 4.76. The minimum Gasteiger partial charge on any atom is -0.320 e. The highest BCUT2D eigenvalue weighted by atomic mass is 35.5. The average molecular weight is 328 g/mol. The van der Waals surface area contributed by atoms with E-state index in [2.05, 4.69) is 11.6 Å². The summed E-state index contributed by atoms with van der Waals surface area (Å²) in [6.07, 6.45) is 1.74. The molecule has 0 aliphatic rings. The van der Waals surface area contributed by atoms with Crippen molar-refractivity contribution in [3.8, 4) is 11.4 Å². The highest BCUT2D eigenvalue weighted by molar-refractivity contribution is 6.33. The van der Waals surface area contributed by atoms with Crippen LogP contribution in [0, 0.1) is 17.0 Å². The first-order chi connectivity index (χ1) is 11.0. The maximum Gasteiger partial charge on any atom is 0.298 e. The van der Waals surface area contributed by atoms with E-state index in [0.29, 0.717) is 17.9 Å². The van der Waals surface area contributed by atoms with Crippen LogP contribution in [0.25, 0.3) is 22.4 Å².